The van der Waals surface area contributed by atoms with Crippen LogP contribution in [0.15, 0.2) is 109 Å². The third-order valence-electron chi connectivity index (χ3n) is 8.97. The van der Waals surface area contributed by atoms with Gasteiger partial charge < -0.3 is 19.1 Å². The van der Waals surface area contributed by atoms with Crippen LogP contribution in [0.3, 0.4) is 0 Å². The number of halogens is 2. The predicted octanol–water partition coefficient (Wildman–Crippen LogP) is 9.25. The van der Waals surface area contributed by atoms with Gasteiger partial charge in [0, 0.05) is 67.4 Å². The summed E-state index contributed by atoms with van der Waals surface area (Å²) in [5.74, 6) is 2.25. The number of Topliss-reactive ketones (excluding diaryl/α,β-unsaturated/α-hetero) is 1. The number of rotatable bonds is 14. The second-order valence-electron chi connectivity index (χ2n) is 12.9. The lowest BCUT2D eigenvalue weighted by atomic mass is 10.1. The largest absolute Gasteiger partial charge is 0.493 e. The zero-order chi connectivity index (χ0) is 37.2. The highest BCUT2D eigenvalue weighted by atomic mass is 35.5. The average molecular weight is 751 g/mol. The Bertz CT molecular complexity index is 2020. The van der Waals surface area contributed by atoms with Gasteiger partial charge in [0.1, 0.15) is 18.1 Å². The molecule has 0 radical (unpaired) electrons. The second kappa shape index (κ2) is 18.1. The van der Waals surface area contributed by atoms with E-state index in [-0.39, 0.29) is 11.7 Å². The molecule has 5 aromatic rings. The molecule has 6 rings (SSSR count). The molecule has 10 heteroatoms. The monoisotopic (exact) mass is 749 g/mol. The molecular weight excluding hydrogens is 709 g/mol. The van der Waals surface area contributed by atoms with Crippen LogP contribution in [0.25, 0.3) is 6.08 Å². The van der Waals surface area contributed by atoms with Gasteiger partial charge in [-0.1, -0.05) is 65.7 Å². The summed E-state index contributed by atoms with van der Waals surface area (Å²) >= 11 is 12.8. The van der Waals surface area contributed by atoms with E-state index in [0.717, 1.165) is 48.5 Å². The van der Waals surface area contributed by atoms with Crippen molar-refractivity contribution in [3.05, 3.63) is 153 Å². The van der Waals surface area contributed by atoms with Crippen LogP contribution in [0.2, 0.25) is 10.0 Å². The molecule has 53 heavy (non-hydrogen) atoms. The Labute approximate surface area is 320 Å². The Hall–Kier alpha value is -5.15. The van der Waals surface area contributed by atoms with Gasteiger partial charge in [-0.15, -0.1) is 0 Å². The van der Waals surface area contributed by atoms with Crippen molar-refractivity contribution in [1.29, 1.82) is 0 Å². The highest BCUT2D eigenvalue weighted by molar-refractivity contribution is 6.32. The van der Waals surface area contributed by atoms with Gasteiger partial charge in [0.25, 0.3) is 0 Å². The zero-order valence-corrected chi connectivity index (χ0v) is 31.3. The van der Waals surface area contributed by atoms with Gasteiger partial charge in [-0.05, 0) is 90.7 Å². The summed E-state index contributed by atoms with van der Waals surface area (Å²) in [5, 5.41) is 1.07. The number of aryl methyl sites for hydroxylation is 1. The lowest BCUT2D eigenvalue weighted by Gasteiger charge is -2.34. The average Bonchev–Trinajstić information content (AvgIpc) is 3.16. The first-order chi connectivity index (χ1) is 25.7. The minimum absolute atomic E-state index is 0.0267. The number of ketones is 1. The maximum absolute atomic E-state index is 13.1. The van der Waals surface area contributed by atoms with Crippen LogP contribution < -0.4 is 14.2 Å². The van der Waals surface area contributed by atoms with Gasteiger partial charge >= 0.3 is 0 Å². The summed E-state index contributed by atoms with van der Waals surface area (Å²) in [6.45, 7) is 8.12. The predicted molar refractivity (Wildman–Crippen MR) is 209 cm³/mol. The van der Waals surface area contributed by atoms with Crippen LogP contribution in [0.5, 0.6) is 23.1 Å². The number of carbonyl (C=O) groups excluding carboxylic acids is 2. The Kier molecular flexibility index (Phi) is 12.8. The molecule has 0 aliphatic carbocycles. The molecular formula is C43H41Cl2N3O5. The zero-order valence-electron chi connectivity index (χ0n) is 29.8. The number of hydrogen-bond donors (Lipinski definition) is 0. The van der Waals surface area contributed by atoms with Crippen molar-refractivity contribution in [3.8, 4) is 23.1 Å². The van der Waals surface area contributed by atoms with Gasteiger partial charge in [0.2, 0.25) is 11.8 Å². The number of piperazine rings is 1. The summed E-state index contributed by atoms with van der Waals surface area (Å²) in [6.07, 6.45) is 5.78. The highest BCUT2D eigenvalue weighted by Gasteiger charge is 2.20. The van der Waals surface area contributed by atoms with Gasteiger partial charge in [0.15, 0.2) is 11.5 Å². The quantitative estimate of drug-likeness (QED) is 0.0827. The molecule has 1 amide bonds. The van der Waals surface area contributed by atoms with E-state index in [1.807, 2.05) is 54.3 Å². The summed E-state index contributed by atoms with van der Waals surface area (Å²) in [7, 11) is 0. The van der Waals surface area contributed by atoms with Crippen LogP contribution in [0, 0.1) is 6.92 Å². The summed E-state index contributed by atoms with van der Waals surface area (Å²) in [6, 6.07) is 30.6. The Balaban J connectivity index is 0.926. The third kappa shape index (κ3) is 10.7. The highest BCUT2D eigenvalue weighted by Crippen LogP contribution is 2.34. The second-order valence-corrected chi connectivity index (χ2v) is 13.7. The fourth-order valence-electron chi connectivity index (χ4n) is 5.92. The lowest BCUT2D eigenvalue weighted by molar-refractivity contribution is -0.127. The van der Waals surface area contributed by atoms with Crippen molar-refractivity contribution < 1.29 is 23.8 Å². The van der Waals surface area contributed by atoms with Crippen LogP contribution in [-0.2, 0) is 24.4 Å². The molecule has 1 aliphatic rings. The standard InChI is InChI=1S/C43H41Cl2N3O5/c1-30-25-34(26-40(45)43(30)53-41-17-16-38(27-46-41)52-29-36-5-3-4-6-39(36)44)11-18-42(50)48-22-20-47(21-23-48)28-33-9-7-32(8-10-33)19-24-51-37-14-12-35(13-15-37)31(2)49/h3-18,25-27H,19-24,28-29H2,1-2H3. The Morgan fingerprint density at radius 2 is 1.53 bits per heavy atom. The van der Waals surface area contributed by atoms with E-state index < -0.39 is 0 Å². The number of benzene rings is 4. The van der Waals surface area contributed by atoms with Gasteiger partial charge in [-0.2, -0.15) is 0 Å². The molecule has 0 atom stereocenters. The van der Waals surface area contributed by atoms with Crippen molar-refractivity contribution in [2.75, 3.05) is 32.8 Å². The Morgan fingerprint density at radius 1 is 0.811 bits per heavy atom. The summed E-state index contributed by atoms with van der Waals surface area (Å²) in [4.78, 5) is 33.1. The summed E-state index contributed by atoms with van der Waals surface area (Å²) in [5.41, 5.74) is 5.63. The van der Waals surface area contributed by atoms with E-state index in [1.54, 1.807) is 55.6 Å². The van der Waals surface area contributed by atoms with Crippen molar-refractivity contribution in [1.82, 2.24) is 14.8 Å². The first-order valence-corrected chi connectivity index (χ1v) is 18.3. The molecule has 0 bridgehead atoms. The SMILES string of the molecule is CC(=O)c1ccc(OCCc2ccc(CN3CCN(C(=O)C=Cc4cc(C)c(Oc5ccc(OCc6ccccc6Cl)cn5)c(Cl)c4)CC3)cc2)cc1. The summed E-state index contributed by atoms with van der Waals surface area (Å²) < 4.78 is 17.7. The van der Waals surface area contributed by atoms with Crippen molar-refractivity contribution in [2.45, 2.75) is 33.4 Å². The van der Waals surface area contributed by atoms with E-state index >= 15 is 0 Å². The van der Waals surface area contributed by atoms with E-state index in [1.165, 1.54) is 11.1 Å². The van der Waals surface area contributed by atoms with E-state index in [9.17, 15) is 9.59 Å². The molecule has 0 unspecified atom stereocenters. The van der Waals surface area contributed by atoms with Crippen molar-refractivity contribution in [3.63, 3.8) is 0 Å². The van der Waals surface area contributed by atoms with E-state index in [0.29, 0.717) is 59.3 Å². The van der Waals surface area contributed by atoms with Crippen LogP contribution in [0.1, 0.15) is 45.1 Å². The first-order valence-electron chi connectivity index (χ1n) is 17.5. The molecule has 1 saturated heterocycles. The molecule has 272 valence electrons. The number of carbonyl (C=O) groups is 2. The smallest absolute Gasteiger partial charge is 0.246 e. The van der Waals surface area contributed by atoms with E-state index in [2.05, 4.69) is 34.1 Å². The number of hydrogen-bond acceptors (Lipinski definition) is 7. The lowest BCUT2D eigenvalue weighted by Crippen LogP contribution is -2.47. The van der Waals surface area contributed by atoms with Gasteiger partial charge in [-0.3, -0.25) is 14.5 Å². The molecule has 8 nitrogen and oxygen atoms in total. The number of ether oxygens (including phenoxy) is 3. The normalized spacial score (nSPS) is 13.2. The molecule has 0 N–H and O–H groups in total. The fourth-order valence-corrected chi connectivity index (χ4v) is 6.42. The molecule has 4 aromatic carbocycles. The van der Waals surface area contributed by atoms with Crippen molar-refractivity contribution in [2.24, 2.45) is 0 Å². The maximum Gasteiger partial charge on any atom is 0.246 e. The van der Waals surface area contributed by atoms with Crippen LogP contribution in [0.4, 0.5) is 0 Å². The minimum Gasteiger partial charge on any atom is -0.493 e. The molecule has 0 saturated carbocycles. The molecule has 1 aromatic heterocycles. The molecule has 0 spiro atoms. The fraction of sp³-hybridized carbons (Fsp3) is 0.233. The maximum atomic E-state index is 13.1. The molecule has 1 aliphatic heterocycles. The first kappa shape index (κ1) is 37.6. The Morgan fingerprint density at radius 3 is 2.21 bits per heavy atom. The topological polar surface area (TPSA) is 81.2 Å². The minimum atomic E-state index is -0.0267. The third-order valence-corrected chi connectivity index (χ3v) is 9.62. The number of nitrogens with zero attached hydrogens (tertiary/aromatic N) is 3. The number of amides is 1. The number of aromatic nitrogens is 1. The van der Waals surface area contributed by atoms with Crippen LogP contribution in [-0.4, -0.2) is 59.3 Å². The molecule has 1 fully saturated rings. The number of pyridine rings is 1. The van der Waals surface area contributed by atoms with E-state index in [4.69, 9.17) is 37.4 Å². The van der Waals surface area contributed by atoms with Gasteiger partial charge in [-0.25, -0.2) is 4.98 Å². The molecule has 2 heterocycles. The van der Waals surface area contributed by atoms with Crippen LogP contribution >= 0.6 is 23.2 Å². The van der Waals surface area contributed by atoms with Gasteiger partial charge in [0.05, 0.1) is 17.8 Å². The van der Waals surface area contributed by atoms with Crippen molar-refractivity contribution >= 4 is 41.0 Å².